The van der Waals surface area contributed by atoms with Crippen LogP contribution in [0.2, 0.25) is 5.02 Å². The Balaban J connectivity index is 0.00000242. The minimum Gasteiger partial charge on any atom is -0.342 e. The first kappa shape index (κ1) is 18.8. The summed E-state index contributed by atoms with van der Waals surface area (Å²) >= 11 is 12.3. The molecule has 0 amide bonds. The van der Waals surface area contributed by atoms with Crippen LogP contribution in [0.5, 0.6) is 0 Å². The molecule has 8 heteroatoms. The van der Waals surface area contributed by atoms with Gasteiger partial charge in [0.2, 0.25) is 0 Å². The summed E-state index contributed by atoms with van der Waals surface area (Å²) < 4.78 is 24.9. The molecule has 0 atom stereocenters. The number of hydrogen-bond acceptors (Lipinski definition) is 4. The van der Waals surface area contributed by atoms with Crippen LogP contribution in [-0.4, -0.2) is 36.4 Å². The Morgan fingerprint density at radius 2 is 1.82 bits per heavy atom. The molecule has 1 aliphatic rings. The topological polar surface area (TPSA) is 55.2 Å². The van der Waals surface area contributed by atoms with Gasteiger partial charge in [0.25, 0.3) is 0 Å². The molecule has 1 aromatic heterocycles. The van der Waals surface area contributed by atoms with Crippen molar-refractivity contribution in [1.29, 1.82) is 0 Å². The fourth-order valence-corrected chi connectivity index (χ4v) is 4.19. The molecule has 0 radical (unpaired) electrons. The van der Waals surface area contributed by atoms with Crippen molar-refractivity contribution in [2.45, 2.75) is 19.4 Å². The van der Waals surface area contributed by atoms with Gasteiger partial charge < -0.3 is 4.90 Å². The number of halogens is 2. The quantitative estimate of drug-likeness (QED) is 0.807. The minimum absolute atomic E-state index is 0. The van der Waals surface area contributed by atoms with Crippen LogP contribution in [0.25, 0.3) is 5.70 Å². The van der Waals surface area contributed by atoms with E-state index >= 15 is 0 Å². The maximum absolute atomic E-state index is 11.8. The lowest BCUT2D eigenvalue weighted by Gasteiger charge is -2.28. The summed E-state index contributed by atoms with van der Waals surface area (Å²) in [6, 6.07) is 0. The Morgan fingerprint density at radius 1 is 1.27 bits per heavy atom. The van der Waals surface area contributed by atoms with Gasteiger partial charge in [0.05, 0.1) is 16.4 Å². The highest BCUT2D eigenvalue weighted by Gasteiger charge is 2.29. The number of hydrogen-bond donors (Lipinski definition) is 0. The molecule has 0 spiro atoms. The van der Waals surface area contributed by atoms with E-state index < -0.39 is 9.84 Å². The van der Waals surface area contributed by atoms with Crippen molar-refractivity contribution in [3.05, 3.63) is 39.7 Å². The molecule has 122 valence electrons. The normalized spacial score (nSPS) is 15.8. The zero-order valence-corrected chi connectivity index (χ0v) is 14.4. The number of likely N-dealkylation sites (N-methyl/N-ethyl adjacent to an activating group) is 1. The maximum Gasteiger partial charge on any atom is 0.193 e. The minimum atomic E-state index is -3.48. The molecule has 0 unspecified atom stereocenters. The number of aryl methyl sites for hydroxylation is 1. The monoisotopic (exact) mass is 363 g/mol. The van der Waals surface area contributed by atoms with E-state index in [-0.39, 0.29) is 17.5 Å². The number of nitrogens with zero attached hydrogens (tertiary/aromatic N) is 3. The summed E-state index contributed by atoms with van der Waals surface area (Å²) in [5.41, 5.74) is 2.50. The van der Waals surface area contributed by atoms with Crippen LogP contribution >= 0.6 is 23.2 Å². The van der Waals surface area contributed by atoms with E-state index in [0.717, 1.165) is 11.8 Å². The Hall–Kier alpha value is -1.24. The zero-order chi connectivity index (χ0) is 16.1. The van der Waals surface area contributed by atoms with E-state index in [1.807, 2.05) is 6.92 Å². The average molecular weight is 364 g/mol. The molecular formula is C14H19Cl2N3O2S. The molecule has 1 aliphatic heterocycles. The summed E-state index contributed by atoms with van der Waals surface area (Å²) in [6.07, 6.45) is 2.85. The van der Waals surface area contributed by atoms with Gasteiger partial charge in [0.1, 0.15) is 10.7 Å². The predicted octanol–water partition coefficient (Wildman–Crippen LogP) is 3.43. The molecule has 2 heterocycles. The number of rotatable bonds is 2. The van der Waals surface area contributed by atoms with Crippen LogP contribution < -0.4 is 0 Å². The van der Waals surface area contributed by atoms with Gasteiger partial charge in [-0.3, -0.25) is 4.68 Å². The van der Waals surface area contributed by atoms with Gasteiger partial charge >= 0.3 is 0 Å². The number of aromatic nitrogens is 2. The molecule has 0 saturated carbocycles. The van der Waals surface area contributed by atoms with Gasteiger partial charge in [-0.05, 0) is 18.6 Å². The highest BCUT2D eigenvalue weighted by molar-refractivity contribution is 7.90. The highest BCUT2D eigenvalue weighted by atomic mass is 35.5. The first-order chi connectivity index (χ1) is 9.55. The third kappa shape index (κ3) is 2.95. The predicted molar refractivity (Wildman–Crippen MR) is 91.5 cm³/mol. The van der Waals surface area contributed by atoms with Crippen LogP contribution in [-0.2, 0) is 16.9 Å². The molecule has 0 bridgehead atoms. The van der Waals surface area contributed by atoms with E-state index in [2.05, 4.69) is 11.7 Å². The van der Waals surface area contributed by atoms with Gasteiger partial charge in [0, 0.05) is 20.4 Å². The summed E-state index contributed by atoms with van der Waals surface area (Å²) in [6.45, 7) is 5.74. The summed E-state index contributed by atoms with van der Waals surface area (Å²) in [5.74, 6) is 0. The van der Waals surface area contributed by atoms with Crippen LogP contribution in [0.4, 0.5) is 0 Å². The largest absolute Gasteiger partial charge is 0.342 e. The first-order valence-corrected chi connectivity index (χ1v) is 8.64. The Morgan fingerprint density at radius 3 is 2.27 bits per heavy atom. The van der Waals surface area contributed by atoms with Crippen LogP contribution in [0.15, 0.2) is 34.0 Å². The standard InChI is InChI=1S/C13H15Cl2N3O2S.CH4/c1-7-6-9(14)8(2)17(3)12(7)11-10(15)13(18(4)16-11)21(5,19)20;/h6H,2H2,1,3-5H3;1H4. The van der Waals surface area contributed by atoms with Crippen molar-refractivity contribution in [1.82, 2.24) is 14.7 Å². The van der Waals surface area contributed by atoms with Crippen molar-refractivity contribution < 1.29 is 8.42 Å². The smallest absolute Gasteiger partial charge is 0.193 e. The number of sulfone groups is 1. The van der Waals surface area contributed by atoms with Crippen LogP contribution in [0.1, 0.15) is 20.0 Å². The summed E-state index contributed by atoms with van der Waals surface area (Å²) in [4.78, 5) is 1.75. The van der Waals surface area contributed by atoms with Crippen LogP contribution in [0, 0.1) is 0 Å². The fourth-order valence-electron chi connectivity index (χ4n) is 2.28. The Bertz CT molecular complexity index is 804. The molecule has 2 rings (SSSR count). The third-order valence-electron chi connectivity index (χ3n) is 3.25. The third-order valence-corrected chi connectivity index (χ3v) is 5.22. The number of allylic oxidation sites excluding steroid dienone is 3. The Labute approximate surface area is 141 Å². The highest BCUT2D eigenvalue weighted by Crippen LogP contribution is 2.38. The second-order valence-electron chi connectivity index (χ2n) is 4.89. The summed E-state index contributed by atoms with van der Waals surface area (Å²) in [5, 5.41) is 4.86. The summed E-state index contributed by atoms with van der Waals surface area (Å²) in [7, 11) is -0.155. The van der Waals surface area contributed by atoms with E-state index in [0.29, 0.717) is 22.1 Å². The van der Waals surface area contributed by atoms with Gasteiger partial charge in [-0.1, -0.05) is 37.2 Å². The second-order valence-corrected chi connectivity index (χ2v) is 7.61. The molecule has 0 N–H and O–H groups in total. The second kappa shape index (κ2) is 6.10. The molecule has 5 nitrogen and oxygen atoms in total. The van der Waals surface area contributed by atoms with Gasteiger partial charge in [-0.25, -0.2) is 8.42 Å². The van der Waals surface area contributed by atoms with E-state index in [4.69, 9.17) is 23.2 Å². The van der Waals surface area contributed by atoms with Crippen molar-refractivity contribution in [3.8, 4) is 0 Å². The first-order valence-electron chi connectivity index (χ1n) is 5.99. The van der Waals surface area contributed by atoms with E-state index in [1.165, 1.54) is 4.68 Å². The SMILES string of the molecule is C.C=C1C(Cl)=CC(C)=C(c2nn(C)c(S(C)(=O)=O)c2Cl)N1C. The molecule has 0 saturated heterocycles. The lowest BCUT2D eigenvalue weighted by molar-refractivity contribution is 0.580. The fraction of sp³-hybridized carbons (Fsp3) is 0.357. The average Bonchev–Trinajstić information content (AvgIpc) is 2.61. The van der Waals surface area contributed by atoms with E-state index in [9.17, 15) is 8.42 Å². The van der Waals surface area contributed by atoms with Crippen molar-refractivity contribution in [2.75, 3.05) is 13.3 Å². The van der Waals surface area contributed by atoms with Crippen LogP contribution in [0.3, 0.4) is 0 Å². The lowest BCUT2D eigenvalue weighted by Crippen LogP contribution is -2.20. The molecule has 1 aromatic rings. The maximum atomic E-state index is 11.8. The zero-order valence-electron chi connectivity index (χ0n) is 12.1. The van der Waals surface area contributed by atoms with Gasteiger partial charge in [-0.15, -0.1) is 0 Å². The lowest BCUT2D eigenvalue weighted by atomic mass is 10.1. The Kier molecular flexibility index (Phi) is 5.22. The van der Waals surface area contributed by atoms with Gasteiger partial charge in [-0.2, -0.15) is 5.10 Å². The van der Waals surface area contributed by atoms with Crippen molar-refractivity contribution >= 4 is 38.7 Å². The van der Waals surface area contributed by atoms with E-state index in [1.54, 1.807) is 25.1 Å². The molecule has 0 aliphatic carbocycles. The van der Waals surface area contributed by atoms with Crippen molar-refractivity contribution in [3.63, 3.8) is 0 Å². The molecule has 0 fully saturated rings. The molecular weight excluding hydrogens is 345 g/mol. The molecule has 0 aromatic carbocycles. The molecule has 22 heavy (non-hydrogen) atoms. The van der Waals surface area contributed by atoms with Gasteiger partial charge in [0.15, 0.2) is 14.9 Å². The van der Waals surface area contributed by atoms with Crippen molar-refractivity contribution in [2.24, 2.45) is 7.05 Å².